The van der Waals surface area contributed by atoms with Gasteiger partial charge >= 0.3 is 0 Å². The number of rotatable bonds is 1. The highest BCUT2D eigenvalue weighted by atomic mass is 16.1. The number of piperazine rings is 1. The molecule has 2 heterocycles. The summed E-state index contributed by atoms with van der Waals surface area (Å²) >= 11 is 0. The minimum atomic E-state index is 0.258. The summed E-state index contributed by atoms with van der Waals surface area (Å²) in [6, 6.07) is 6.17. The van der Waals surface area contributed by atoms with Crippen molar-refractivity contribution in [2.45, 2.75) is 6.42 Å². The first-order chi connectivity index (χ1) is 8.74. The first-order valence-electron chi connectivity index (χ1n) is 6.58. The molecule has 0 atom stereocenters. The van der Waals surface area contributed by atoms with Gasteiger partial charge in [0, 0.05) is 56.1 Å². The molecule has 0 saturated carbocycles. The van der Waals surface area contributed by atoms with Gasteiger partial charge in [-0.2, -0.15) is 0 Å². The second kappa shape index (κ2) is 4.61. The number of hydrogen-bond donors (Lipinski definition) is 1. The molecule has 4 nitrogen and oxygen atoms in total. The lowest BCUT2D eigenvalue weighted by atomic mass is 10.0. The number of carbonyl (C=O) groups excluding carboxylic acids is 1. The van der Waals surface area contributed by atoms with Crippen molar-refractivity contribution in [2.24, 2.45) is 0 Å². The molecule has 0 aliphatic carbocycles. The van der Waals surface area contributed by atoms with Crippen LogP contribution in [0.1, 0.15) is 16.8 Å². The molecular weight excluding hydrogens is 226 g/mol. The Kier molecular flexibility index (Phi) is 2.96. The molecular formula is C14H19N3O. The lowest BCUT2D eigenvalue weighted by Gasteiger charge is -2.34. The predicted octanol–water partition coefficient (Wildman–Crippen LogP) is 1.44. The van der Waals surface area contributed by atoms with Gasteiger partial charge in [-0.3, -0.25) is 4.79 Å². The first-order valence-corrected chi connectivity index (χ1v) is 6.58. The number of fused-ring (bicyclic) bond motifs is 1. The molecule has 18 heavy (non-hydrogen) atoms. The van der Waals surface area contributed by atoms with Crippen molar-refractivity contribution < 1.29 is 4.79 Å². The molecule has 0 radical (unpaired) electrons. The number of nitrogens with one attached hydrogen (secondary N) is 1. The van der Waals surface area contributed by atoms with E-state index in [1.54, 1.807) is 0 Å². The summed E-state index contributed by atoms with van der Waals surface area (Å²) in [4.78, 5) is 16.5. The maximum absolute atomic E-state index is 11.8. The van der Waals surface area contributed by atoms with Crippen LogP contribution in [-0.2, 0) is 0 Å². The molecule has 1 aromatic rings. The highest BCUT2D eigenvalue weighted by molar-refractivity contribution is 6.03. The largest absolute Gasteiger partial charge is 0.384 e. The average Bonchev–Trinajstić information content (AvgIpc) is 2.39. The number of Topliss-reactive ketones (excluding diaryl/α,β-unsaturated/α-hetero) is 1. The zero-order valence-corrected chi connectivity index (χ0v) is 10.8. The van der Waals surface area contributed by atoms with Crippen LogP contribution in [0.15, 0.2) is 18.2 Å². The van der Waals surface area contributed by atoms with Crippen LogP contribution in [0.25, 0.3) is 0 Å². The van der Waals surface area contributed by atoms with Gasteiger partial charge in [0.05, 0.1) is 0 Å². The topological polar surface area (TPSA) is 35.6 Å². The number of likely N-dealkylation sites (N-methyl/N-ethyl adjacent to an activating group) is 1. The molecule has 1 fully saturated rings. The second-order valence-corrected chi connectivity index (χ2v) is 5.12. The number of benzene rings is 1. The predicted molar refractivity (Wildman–Crippen MR) is 73.6 cm³/mol. The summed E-state index contributed by atoms with van der Waals surface area (Å²) < 4.78 is 0. The summed E-state index contributed by atoms with van der Waals surface area (Å²) in [5.74, 6) is 0.258. The number of ketones is 1. The highest BCUT2D eigenvalue weighted by Crippen LogP contribution is 2.27. The van der Waals surface area contributed by atoms with Crippen LogP contribution < -0.4 is 10.2 Å². The SMILES string of the molecule is CN1CCN(c2ccc3c(c2)NCCC3=O)CC1. The normalized spacial score (nSPS) is 20.5. The van der Waals surface area contributed by atoms with Gasteiger partial charge in [-0.1, -0.05) is 0 Å². The van der Waals surface area contributed by atoms with E-state index in [1.807, 2.05) is 6.07 Å². The highest BCUT2D eigenvalue weighted by Gasteiger charge is 2.19. The van der Waals surface area contributed by atoms with Gasteiger partial charge in [0.2, 0.25) is 0 Å². The molecule has 0 amide bonds. The van der Waals surface area contributed by atoms with E-state index >= 15 is 0 Å². The first kappa shape index (κ1) is 11.5. The van der Waals surface area contributed by atoms with E-state index in [4.69, 9.17) is 0 Å². The van der Waals surface area contributed by atoms with Gasteiger partial charge in [0.15, 0.2) is 5.78 Å². The van der Waals surface area contributed by atoms with Crippen LogP contribution in [0, 0.1) is 0 Å². The fraction of sp³-hybridized carbons (Fsp3) is 0.500. The lowest BCUT2D eigenvalue weighted by Crippen LogP contribution is -2.44. The van der Waals surface area contributed by atoms with Crippen LogP contribution in [0.5, 0.6) is 0 Å². The number of nitrogens with zero attached hydrogens (tertiary/aromatic N) is 2. The van der Waals surface area contributed by atoms with Crippen molar-refractivity contribution in [2.75, 3.05) is 50.0 Å². The Morgan fingerprint density at radius 2 is 1.94 bits per heavy atom. The third-order valence-corrected chi connectivity index (χ3v) is 3.84. The van der Waals surface area contributed by atoms with E-state index < -0.39 is 0 Å². The fourth-order valence-electron chi connectivity index (χ4n) is 2.63. The summed E-state index contributed by atoms with van der Waals surface area (Å²) in [6.45, 7) is 5.08. The van der Waals surface area contributed by atoms with Crippen LogP contribution in [0.4, 0.5) is 11.4 Å². The van der Waals surface area contributed by atoms with Crippen LogP contribution in [-0.4, -0.2) is 50.5 Å². The van der Waals surface area contributed by atoms with Crippen molar-refractivity contribution >= 4 is 17.2 Å². The van der Waals surface area contributed by atoms with Crippen LogP contribution in [0.3, 0.4) is 0 Å². The maximum atomic E-state index is 11.8. The van der Waals surface area contributed by atoms with Crippen molar-refractivity contribution in [3.63, 3.8) is 0 Å². The molecule has 0 spiro atoms. The number of anilines is 2. The maximum Gasteiger partial charge on any atom is 0.166 e. The number of carbonyl (C=O) groups is 1. The Bertz CT molecular complexity index is 464. The van der Waals surface area contributed by atoms with Gasteiger partial charge in [-0.25, -0.2) is 0 Å². The standard InChI is InChI=1S/C14H19N3O/c1-16-6-8-17(9-7-16)11-2-3-12-13(10-11)15-5-4-14(12)18/h2-3,10,15H,4-9H2,1H3. The quantitative estimate of drug-likeness (QED) is 0.812. The Hall–Kier alpha value is -1.55. The molecule has 0 bridgehead atoms. The summed E-state index contributed by atoms with van der Waals surface area (Å²) in [5, 5.41) is 3.32. The molecule has 0 unspecified atom stereocenters. The Labute approximate surface area is 108 Å². The molecule has 96 valence electrons. The minimum absolute atomic E-state index is 0.258. The zero-order chi connectivity index (χ0) is 12.5. The van der Waals surface area contributed by atoms with E-state index in [-0.39, 0.29) is 5.78 Å². The Balaban J connectivity index is 1.84. The Morgan fingerprint density at radius 1 is 1.17 bits per heavy atom. The molecule has 0 aromatic heterocycles. The van der Waals surface area contributed by atoms with Gasteiger partial charge in [-0.05, 0) is 25.2 Å². The molecule has 4 heteroatoms. The third kappa shape index (κ3) is 2.08. The van der Waals surface area contributed by atoms with Crippen LogP contribution in [0.2, 0.25) is 0 Å². The summed E-state index contributed by atoms with van der Waals surface area (Å²) in [6.07, 6.45) is 0.612. The summed E-state index contributed by atoms with van der Waals surface area (Å²) in [7, 11) is 2.16. The lowest BCUT2D eigenvalue weighted by molar-refractivity contribution is 0.0984. The van der Waals surface area contributed by atoms with E-state index in [1.165, 1.54) is 5.69 Å². The van der Waals surface area contributed by atoms with Crippen molar-refractivity contribution in [3.8, 4) is 0 Å². The van der Waals surface area contributed by atoms with E-state index in [9.17, 15) is 4.79 Å². The minimum Gasteiger partial charge on any atom is -0.384 e. The molecule has 1 saturated heterocycles. The molecule has 2 aliphatic heterocycles. The van der Waals surface area contributed by atoms with Crippen molar-refractivity contribution in [3.05, 3.63) is 23.8 Å². The summed E-state index contributed by atoms with van der Waals surface area (Å²) in [5.41, 5.74) is 3.07. The van der Waals surface area contributed by atoms with Gasteiger partial charge in [-0.15, -0.1) is 0 Å². The van der Waals surface area contributed by atoms with Crippen molar-refractivity contribution in [1.82, 2.24) is 4.90 Å². The van der Waals surface area contributed by atoms with Gasteiger partial charge in [0.1, 0.15) is 0 Å². The molecule has 3 rings (SSSR count). The van der Waals surface area contributed by atoms with E-state index in [2.05, 4.69) is 34.3 Å². The van der Waals surface area contributed by atoms with Crippen LogP contribution >= 0.6 is 0 Å². The molecule has 1 N–H and O–H groups in total. The van der Waals surface area contributed by atoms with Gasteiger partial charge in [0.25, 0.3) is 0 Å². The fourth-order valence-corrected chi connectivity index (χ4v) is 2.63. The molecule has 2 aliphatic rings. The smallest absolute Gasteiger partial charge is 0.166 e. The van der Waals surface area contributed by atoms with Gasteiger partial charge < -0.3 is 15.1 Å². The monoisotopic (exact) mass is 245 g/mol. The molecule has 1 aromatic carbocycles. The third-order valence-electron chi connectivity index (χ3n) is 3.84. The van der Waals surface area contributed by atoms with E-state index in [0.29, 0.717) is 6.42 Å². The van der Waals surface area contributed by atoms with E-state index in [0.717, 1.165) is 44.0 Å². The van der Waals surface area contributed by atoms with Crippen molar-refractivity contribution in [1.29, 1.82) is 0 Å². The Morgan fingerprint density at radius 3 is 2.72 bits per heavy atom. The zero-order valence-electron chi connectivity index (χ0n) is 10.8. The second-order valence-electron chi connectivity index (χ2n) is 5.12. The average molecular weight is 245 g/mol. The number of hydrogen-bond acceptors (Lipinski definition) is 4.